The van der Waals surface area contributed by atoms with E-state index in [4.69, 9.17) is 30.0 Å². The second-order valence-electron chi connectivity index (χ2n) is 2.10. The maximum atomic E-state index is 9.00. The van der Waals surface area contributed by atoms with Crippen LogP contribution in [0.5, 0.6) is 0 Å². The maximum absolute atomic E-state index is 9.00. The van der Waals surface area contributed by atoms with Crippen LogP contribution in [-0.4, -0.2) is 45.6 Å². The van der Waals surface area contributed by atoms with Crippen LogP contribution in [0.3, 0.4) is 0 Å². The van der Waals surface area contributed by atoms with E-state index in [1.165, 1.54) is 0 Å². The third kappa shape index (κ3) is 145. The van der Waals surface area contributed by atoms with Crippen molar-refractivity contribution in [3.05, 3.63) is 12.2 Å². The lowest BCUT2D eigenvalue weighted by Gasteiger charge is -1.88. The summed E-state index contributed by atoms with van der Waals surface area (Å²) in [5.74, 6) is -1.67. The number of aliphatic hydroxyl groups excluding tert-OH is 2. The molecule has 6 nitrogen and oxygen atoms in total. The fourth-order valence-electron chi connectivity index (χ4n) is 0.0500. The van der Waals surface area contributed by atoms with E-state index in [1.807, 2.05) is 0 Å². The van der Waals surface area contributed by atoms with Gasteiger partial charge in [0.25, 0.3) is 11.9 Å². The molecule has 6 heteroatoms. The normalized spacial score (nSPS) is 7.14. The lowest BCUT2D eigenvalue weighted by atomic mass is 10.4. The number of rotatable bonds is 2. The molecule has 0 amide bonds. The molecule has 0 aromatic heterocycles. The highest BCUT2D eigenvalue weighted by Crippen LogP contribution is 1.79. The summed E-state index contributed by atoms with van der Waals surface area (Å²) < 4.78 is 0. The molecular formula is C8H16O6. The first-order valence-electron chi connectivity index (χ1n) is 3.55. The maximum Gasteiger partial charge on any atom is 0.300 e. The van der Waals surface area contributed by atoms with Crippen LogP contribution in [0.1, 0.15) is 13.8 Å². The van der Waals surface area contributed by atoms with Crippen molar-refractivity contribution >= 4 is 11.9 Å². The van der Waals surface area contributed by atoms with Crippen molar-refractivity contribution in [1.29, 1.82) is 0 Å². The minimum Gasteiger partial charge on any atom is -0.481 e. The minimum absolute atomic E-state index is 0.115. The number of carboxylic acids is 2. The first-order chi connectivity index (χ1) is 6.27. The van der Waals surface area contributed by atoms with Crippen LogP contribution >= 0.6 is 0 Å². The fraction of sp³-hybridized carbons (Fsp3) is 0.500. The van der Waals surface area contributed by atoms with Gasteiger partial charge in [0.2, 0.25) is 0 Å². The topological polar surface area (TPSA) is 115 Å². The molecule has 0 saturated heterocycles. The van der Waals surface area contributed by atoms with Gasteiger partial charge in [0.05, 0.1) is 13.2 Å². The SMILES string of the molecule is C=C(CO)CO.CC(=O)O.CC(=O)O. The average Bonchev–Trinajstić information content (AvgIpc) is 2.01. The van der Waals surface area contributed by atoms with Gasteiger partial charge in [-0.2, -0.15) is 0 Å². The quantitative estimate of drug-likeness (QED) is 0.463. The number of carboxylic acid groups (broad SMARTS) is 2. The number of carbonyl (C=O) groups is 2. The van der Waals surface area contributed by atoms with E-state index in [9.17, 15) is 0 Å². The van der Waals surface area contributed by atoms with Crippen molar-refractivity contribution in [2.45, 2.75) is 13.8 Å². The summed E-state index contributed by atoms with van der Waals surface area (Å²) in [6.45, 7) is 5.23. The third-order valence-electron chi connectivity index (χ3n) is 0.447. The van der Waals surface area contributed by atoms with Crippen LogP contribution < -0.4 is 0 Å². The van der Waals surface area contributed by atoms with Gasteiger partial charge in [0.1, 0.15) is 0 Å². The van der Waals surface area contributed by atoms with E-state index < -0.39 is 11.9 Å². The molecule has 0 unspecified atom stereocenters. The Kier molecular flexibility index (Phi) is 18.6. The molecule has 84 valence electrons. The predicted molar refractivity (Wildman–Crippen MR) is 49.9 cm³/mol. The Morgan fingerprint density at radius 3 is 1.14 bits per heavy atom. The lowest BCUT2D eigenvalue weighted by molar-refractivity contribution is -0.135. The summed E-state index contributed by atoms with van der Waals surface area (Å²) >= 11 is 0. The van der Waals surface area contributed by atoms with Crippen LogP contribution in [0.2, 0.25) is 0 Å². The van der Waals surface area contributed by atoms with Gasteiger partial charge in [-0.25, -0.2) is 0 Å². The largest absolute Gasteiger partial charge is 0.481 e. The van der Waals surface area contributed by atoms with Gasteiger partial charge in [-0.05, 0) is 5.57 Å². The van der Waals surface area contributed by atoms with E-state index in [0.717, 1.165) is 13.8 Å². The van der Waals surface area contributed by atoms with Gasteiger partial charge in [0.15, 0.2) is 0 Å². The molecule has 0 aromatic rings. The van der Waals surface area contributed by atoms with E-state index in [2.05, 4.69) is 6.58 Å². The molecule has 0 atom stereocenters. The molecule has 0 radical (unpaired) electrons. The van der Waals surface area contributed by atoms with Crippen molar-refractivity contribution in [3.63, 3.8) is 0 Å². The smallest absolute Gasteiger partial charge is 0.300 e. The zero-order valence-electron chi connectivity index (χ0n) is 8.23. The van der Waals surface area contributed by atoms with Crippen molar-refractivity contribution in [3.8, 4) is 0 Å². The van der Waals surface area contributed by atoms with Crippen molar-refractivity contribution < 1.29 is 30.0 Å². The molecular weight excluding hydrogens is 192 g/mol. The first kappa shape index (κ1) is 18.4. The van der Waals surface area contributed by atoms with Crippen molar-refractivity contribution in [2.75, 3.05) is 13.2 Å². The summed E-state index contributed by atoms with van der Waals surface area (Å²) in [4.78, 5) is 18.0. The summed E-state index contributed by atoms with van der Waals surface area (Å²) in [7, 11) is 0. The highest BCUT2D eigenvalue weighted by atomic mass is 16.4. The summed E-state index contributed by atoms with van der Waals surface area (Å²) in [5.41, 5.74) is 0.454. The summed E-state index contributed by atoms with van der Waals surface area (Å²) in [6, 6.07) is 0. The van der Waals surface area contributed by atoms with Gasteiger partial charge < -0.3 is 20.4 Å². The number of aliphatic carboxylic acids is 2. The minimum atomic E-state index is -0.833. The Morgan fingerprint density at radius 1 is 1.00 bits per heavy atom. The van der Waals surface area contributed by atoms with Gasteiger partial charge in [-0.1, -0.05) is 6.58 Å². The molecule has 0 rings (SSSR count). The molecule has 0 aliphatic heterocycles. The number of hydrogen-bond donors (Lipinski definition) is 4. The average molecular weight is 208 g/mol. The van der Waals surface area contributed by atoms with Crippen LogP contribution in [0.4, 0.5) is 0 Å². The first-order valence-corrected chi connectivity index (χ1v) is 3.55. The molecule has 0 aliphatic rings. The number of aliphatic hydroxyl groups is 2. The van der Waals surface area contributed by atoms with E-state index >= 15 is 0 Å². The Balaban J connectivity index is -0.000000135. The highest BCUT2D eigenvalue weighted by molar-refractivity contribution is 5.63. The molecule has 4 N–H and O–H groups in total. The molecule has 0 spiro atoms. The summed E-state index contributed by atoms with van der Waals surface area (Å²) in [5, 5.41) is 31.0. The second-order valence-corrected chi connectivity index (χ2v) is 2.10. The molecule has 0 aliphatic carbocycles. The van der Waals surface area contributed by atoms with Crippen LogP contribution in [0, 0.1) is 0 Å². The Bertz CT molecular complexity index is 149. The molecule has 0 heterocycles. The molecule has 0 fully saturated rings. The van der Waals surface area contributed by atoms with Gasteiger partial charge in [-0.15, -0.1) is 0 Å². The number of hydrogen-bond acceptors (Lipinski definition) is 4. The predicted octanol–water partition coefficient (Wildman–Crippen LogP) is -0.291. The van der Waals surface area contributed by atoms with Crippen LogP contribution in [-0.2, 0) is 9.59 Å². The van der Waals surface area contributed by atoms with Crippen molar-refractivity contribution in [1.82, 2.24) is 0 Å². The third-order valence-corrected chi connectivity index (χ3v) is 0.447. The highest BCUT2D eigenvalue weighted by Gasteiger charge is 1.80. The standard InChI is InChI=1S/C4H8O2.2C2H4O2/c1-4(2-5)3-6;2*1-2(3)4/h5-6H,1-3H2;2*1H3,(H,3,4). The van der Waals surface area contributed by atoms with E-state index in [0.29, 0.717) is 5.57 Å². The van der Waals surface area contributed by atoms with Gasteiger partial charge in [0, 0.05) is 13.8 Å². The molecule has 0 saturated carbocycles. The van der Waals surface area contributed by atoms with Crippen LogP contribution in [0.15, 0.2) is 12.2 Å². The lowest BCUT2D eigenvalue weighted by Crippen LogP contribution is -1.91. The Labute approximate surface area is 82.1 Å². The van der Waals surface area contributed by atoms with E-state index in [1.54, 1.807) is 0 Å². The van der Waals surface area contributed by atoms with Gasteiger partial charge >= 0.3 is 0 Å². The Hall–Kier alpha value is -1.40. The molecule has 14 heavy (non-hydrogen) atoms. The van der Waals surface area contributed by atoms with Crippen molar-refractivity contribution in [2.24, 2.45) is 0 Å². The van der Waals surface area contributed by atoms with E-state index in [-0.39, 0.29) is 13.2 Å². The second kappa shape index (κ2) is 14.1. The van der Waals surface area contributed by atoms with Crippen LogP contribution in [0.25, 0.3) is 0 Å². The zero-order chi connectivity index (χ0) is 12.1. The monoisotopic (exact) mass is 208 g/mol. The van der Waals surface area contributed by atoms with Gasteiger partial charge in [-0.3, -0.25) is 9.59 Å². The molecule has 0 aromatic carbocycles. The summed E-state index contributed by atoms with van der Waals surface area (Å²) in [6.07, 6.45) is 0. The molecule has 0 bridgehead atoms. The fourth-order valence-corrected chi connectivity index (χ4v) is 0.0500. The Morgan fingerprint density at radius 2 is 1.14 bits per heavy atom. The zero-order valence-corrected chi connectivity index (χ0v) is 8.23.